The molecule has 0 saturated heterocycles. The molecular formula is C16H11ClIN3O2. The van der Waals surface area contributed by atoms with Gasteiger partial charge in [0.2, 0.25) is 11.7 Å². The molecule has 5 nitrogen and oxygen atoms in total. The Morgan fingerprint density at radius 2 is 2.00 bits per heavy atom. The molecule has 3 aromatic rings. The van der Waals surface area contributed by atoms with Crippen LogP contribution in [0.4, 0.5) is 0 Å². The lowest BCUT2D eigenvalue weighted by molar-refractivity contribution is 0.0946. The number of hydrogen-bond acceptors (Lipinski definition) is 4. The lowest BCUT2D eigenvalue weighted by Gasteiger charge is -2.02. The second-order valence-electron chi connectivity index (χ2n) is 4.71. The zero-order valence-corrected chi connectivity index (χ0v) is 14.7. The van der Waals surface area contributed by atoms with E-state index in [1.54, 1.807) is 30.3 Å². The highest BCUT2D eigenvalue weighted by Gasteiger charge is 2.11. The van der Waals surface area contributed by atoms with E-state index in [4.69, 9.17) is 16.1 Å². The maximum absolute atomic E-state index is 12.1. The highest BCUT2D eigenvalue weighted by molar-refractivity contribution is 14.1. The first-order chi connectivity index (χ1) is 11.1. The van der Waals surface area contributed by atoms with Crippen LogP contribution in [-0.4, -0.2) is 16.0 Å². The van der Waals surface area contributed by atoms with E-state index in [9.17, 15) is 4.79 Å². The Hall–Kier alpha value is -1.93. The summed E-state index contributed by atoms with van der Waals surface area (Å²) < 4.78 is 6.15. The van der Waals surface area contributed by atoms with Gasteiger partial charge in [0.1, 0.15) is 0 Å². The Bertz CT molecular complexity index is 833. The summed E-state index contributed by atoms with van der Waals surface area (Å²) in [5, 5.41) is 7.30. The van der Waals surface area contributed by atoms with Crippen molar-refractivity contribution in [3.8, 4) is 11.4 Å². The van der Waals surface area contributed by atoms with Gasteiger partial charge in [-0.2, -0.15) is 4.98 Å². The number of carbonyl (C=O) groups is 1. The van der Waals surface area contributed by atoms with Crippen molar-refractivity contribution in [3.63, 3.8) is 0 Å². The van der Waals surface area contributed by atoms with Crippen LogP contribution in [0.3, 0.4) is 0 Å². The summed E-state index contributed by atoms with van der Waals surface area (Å²) in [6.07, 6.45) is 0. The number of amides is 1. The molecule has 0 radical (unpaired) electrons. The van der Waals surface area contributed by atoms with Crippen LogP contribution in [0, 0.1) is 3.57 Å². The topological polar surface area (TPSA) is 68.0 Å². The minimum Gasteiger partial charge on any atom is -0.343 e. The zero-order valence-electron chi connectivity index (χ0n) is 11.8. The van der Waals surface area contributed by atoms with Crippen molar-refractivity contribution < 1.29 is 9.32 Å². The summed E-state index contributed by atoms with van der Waals surface area (Å²) in [4.78, 5) is 16.3. The summed E-state index contributed by atoms with van der Waals surface area (Å²) in [7, 11) is 0. The summed E-state index contributed by atoms with van der Waals surface area (Å²) in [6, 6.07) is 14.4. The van der Waals surface area contributed by atoms with Crippen molar-refractivity contribution in [2.24, 2.45) is 0 Å². The highest BCUT2D eigenvalue weighted by atomic mass is 127. The number of hydrogen-bond donors (Lipinski definition) is 1. The van der Waals surface area contributed by atoms with E-state index in [1.165, 1.54) is 0 Å². The van der Waals surface area contributed by atoms with Crippen molar-refractivity contribution in [1.82, 2.24) is 15.5 Å². The van der Waals surface area contributed by atoms with Crippen LogP contribution in [0.2, 0.25) is 5.02 Å². The van der Waals surface area contributed by atoms with Gasteiger partial charge in [0.05, 0.1) is 6.54 Å². The first kappa shape index (κ1) is 15.9. The molecule has 1 amide bonds. The van der Waals surface area contributed by atoms with Gasteiger partial charge in [0, 0.05) is 19.7 Å². The minimum absolute atomic E-state index is 0.172. The van der Waals surface area contributed by atoms with E-state index < -0.39 is 0 Å². The third-order valence-electron chi connectivity index (χ3n) is 3.06. The van der Waals surface area contributed by atoms with Crippen molar-refractivity contribution in [3.05, 3.63) is 68.6 Å². The van der Waals surface area contributed by atoms with E-state index in [1.807, 2.05) is 18.2 Å². The molecule has 0 atom stereocenters. The van der Waals surface area contributed by atoms with Crippen LogP contribution < -0.4 is 5.32 Å². The lowest BCUT2D eigenvalue weighted by atomic mass is 10.2. The van der Waals surface area contributed by atoms with Gasteiger partial charge in [-0.15, -0.1) is 0 Å². The van der Waals surface area contributed by atoms with Crippen molar-refractivity contribution in [1.29, 1.82) is 0 Å². The molecule has 23 heavy (non-hydrogen) atoms. The Kier molecular flexibility index (Phi) is 4.92. The van der Waals surface area contributed by atoms with Crippen LogP contribution >= 0.6 is 34.2 Å². The van der Waals surface area contributed by atoms with Crippen LogP contribution in [-0.2, 0) is 6.54 Å². The van der Waals surface area contributed by atoms with Gasteiger partial charge in [-0.25, -0.2) is 0 Å². The molecule has 0 spiro atoms. The number of rotatable bonds is 4. The third kappa shape index (κ3) is 4.08. The fourth-order valence-electron chi connectivity index (χ4n) is 1.93. The van der Waals surface area contributed by atoms with Crippen molar-refractivity contribution in [2.75, 3.05) is 0 Å². The maximum Gasteiger partial charge on any atom is 0.251 e. The molecule has 0 saturated carbocycles. The number of aromatic nitrogens is 2. The molecule has 1 N–H and O–H groups in total. The van der Waals surface area contributed by atoms with Crippen molar-refractivity contribution >= 4 is 40.1 Å². The Morgan fingerprint density at radius 1 is 1.22 bits per heavy atom. The number of benzene rings is 2. The normalized spacial score (nSPS) is 10.5. The predicted octanol–water partition coefficient (Wildman–Crippen LogP) is 3.92. The largest absolute Gasteiger partial charge is 0.343 e. The van der Waals surface area contributed by atoms with E-state index in [0.717, 1.165) is 9.13 Å². The summed E-state index contributed by atoms with van der Waals surface area (Å²) in [5.74, 6) is 0.615. The average molecular weight is 440 g/mol. The molecule has 0 unspecified atom stereocenters. The molecular weight excluding hydrogens is 429 g/mol. The smallest absolute Gasteiger partial charge is 0.251 e. The lowest BCUT2D eigenvalue weighted by Crippen LogP contribution is -2.22. The molecule has 0 aliphatic heterocycles. The fraction of sp³-hybridized carbons (Fsp3) is 0.0625. The summed E-state index contributed by atoms with van der Waals surface area (Å²) in [6.45, 7) is 0.172. The molecule has 3 rings (SSSR count). The second-order valence-corrected chi connectivity index (χ2v) is 6.39. The highest BCUT2D eigenvalue weighted by Crippen LogP contribution is 2.18. The van der Waals surface area contributed by atoms with Crippen LogP contribution in [0.25, 0.3) is 11.4 Å². The standard InChI is InChI=1S/C16H11ClIN3O2/c17-12-6-4-10(5-7-12)15-20-14(23-21-15)9-19-16(22)11-2-1-3-13(18)8-11/h1-8H,9H2,(H,19,22). The first-order valence-electron chi connectivity index (χ1n) is 6.74. The fourth-order valence-corrected chi connectivity index (χ4v) is 2.60. The Labute approximate surface area is 151 Å². The van der Waals surface area contributed by atoms with Crippen molar-refractivity contribution in [2.45, 2.75) is 6.54 Å². The maximum atomic E-state index is 12.1. The predicted molar refractivity (Wildman–Crippen MR) is 95.1 cm³/mol. The molecule has 0 aliphatic rings. The number of nitrogens with zero attached hydrogens (tertiary/aromatic N) is 2. The average Bonchev–Trinajstić information content (AvgIpc) is 3.02. The van der Waals surface area contributed by atoms with Gasteiger partial charge >= 0.3 is 0 Å². The SMILES string of the molecule is O=C(NCc1nc(-c2ccc(Cl)cc2)no1)c1cccc(I)c1. The van der Waals surface area contributed by atoms with Gasteiger partial charge in [0.25, 0.3) is 5.91 Å². The molecule has 0 aliphatic carbocycles. The van der Waals surface area contributed by atoms with Gasteiger partial charge in [-0.1, -0.05) is 22.8 Å². The zero-order chi connectivity index (χ0) is 16.2. The van der Waals surface area contributed by atoms with E-state index >= 15 is 0 Å². The second kappa shape index (κ2) is 7.10. The monoisotopic (exact) mass is 439 g/mol. The summed E-state index contributed by atoms with van der Waals surface area (Å²) >= 11 is 8.01. The van der Waals surface area contributed by atoms with Crippen LogP contribution in [0.1, 0.15) is 16.2 Å². The molecule has 1 aromatic heterocycles. The Morgan fingerprint density at radius 3 is 2.74 bits per heavy atom. The third-order valence-corrected chi connectivity index (χ3v) is 3.98. The number of carbonyl (C=O) groups excluding carboxylic acids is 1. The first-order valence-corrected chi connectivity index (χ1v) is 8.20. The van der Waals surface area contributed by atoms with E-state index in [-0.39, 0.29) is 12.5 Å². The summed E-state index contributed by atoms with van der Waals surface area (Å²) in [5.41, 5.74) is 1.39. The molecule has 2 aromatic carbocycles. The van der Waals surface area contributed by atoms with E-state index in [0.29, 0.717) is 22.3 Å². The molecule has 116 valence electrons. The molecule has 0 bridgehead atoms. The minimum atomic E-state index is -0.185. The van der Waals surface area contributed by atoms with Crippen LogP contribution in [0.15, 0.2) is 53.1 Å². The van der Waals surface area contributed by atoms with Crippen LogP contribution in [0.5, 0.6) is 0 Å². The van der Waals surface area contributed by atoms with Gasteiger partial charge in [0.15, 0.2) is 0 Å². The quantitative estimate of drug-likeness (QED) is 0.626. The number of nitrogens with one attached hydrogen (secondary N) is 1. The Balaban J connectivity index is 1.65. The molecule has 1 heterocycles. The molecule has 0 fully saturated rings. The number of halogens is 2. The molecule has 7 heteroatoms. The van der Waals surface area contributed by atoms with Gasteiger partial charge in [-0.3, -0.25) is 4.79 Å². The van der Waals surface area contributed by atoms with E-state index in [2.05, 4.69) is 38.0 Å². The van der Waals surface area contributed by atoms with Gasteiger partial charge in [-0.05, 0) is 65.1 Å². The van der Waals surface area contributed by atoms with Gasteiger partial charge < -0.3 is 9.84 Å².